The van der Waals surface area contributed by atoms with Gasteiger partial charge in [0.05, 0.1) is 16.6 Å². The lowest BCUT2D eigenvalue weighted by Crippen LogP contribution is -2.33. The van der Waals surface area contributed by atoms with Gasteiger partial charge in [-0.3, -0.25) is 4.79 Å². The molecular weight excluding hydrogens is 272 g/mol. The van der Waals surface area contributed by atoms with Crippen LogP contribution in [-0.2, 0) is 11.3 Å². The van der Waals surface area contributed by atoms with Crippen molar-refractivity contribution in [2.24, 2.45) is 0 Å². The smallest absolute Gasteiger partial charge is 0.336 e. The number of aryl methyl sites for hydroxylation is 2. The molecule has 0 aliphatic carbocycles. The van der Waals surface area contributed by atoms with E-state index in [1.54, 1.807) is 13.8 Å². The minimum absolute atomic E-state index is 0.0119. The van der Waals surface area contributed by atoms with Crippen molar-refractivity contribution in [3.8, 4) is 0 Å². The van der Waals surface area contributed by atoms with Gasteiger partial charge in [0.25, 0.3) is 0 Å². The third-order valence-corrected chi connectivity index (χ3v) is 2.98. The molecular formula is C14H18N4O3. The third kappa shape index (κ3) is 3.01. The van der Waals surface area contributed by atoms with Crippen molar-refractivity contribution in [2.75, 3.05) is 0 Å². The molecule has 0 saturated carbocycles. The van der Waals surface area contributed by atoms with Crippen LogP contribution in [0.2, 0.25) is 0 Å². The highest BCUT2D eigenvalue weighted by atomic mass is 16.4. The zero-order chi connectivity index (χ0) is 15.7. The van der Waals surface area contributed by atoms with Crippen LogP contribution in [0.5, 0.6) is 0 Å². The number of nitrogens with one attached hydrogen (secondary N) is 1. The molecule has 0 radical (unpaired) electrons. The zero-order valence-corrected chi connectivity index (χ0v) is 12.5. The summed E-state index contributed by atoms with van der Waals surface area (Å²) in [6.45, 7) is 7.18. The van der Waals surface area contributed by atoms with Crippen molar-refractivity contribution < 1.29 is 14.7 Å². The van der Waals surface area contributed by atoms with Crippen LogP contribution < -0.4 is 5.32 Å². The molecule has 112 valence electrons. The monoisotopic (exact) mass is 290 g/mol. The number of carbonyl (C=O) groups excluding carboxylic acids is 1. The molecule has 2 aromatic heterocycles. The number of aromatic carboxylic acids is 1. The Labute approximate surface area is 122 Å². The van der Waals surface area contributed by atoms with E-state index in [1.807, 2.05) is 13.8 Å². The van der Waals surface area contributed by atoms with Gasteiger partial charge in [0.2, 0.25) is 5.91 Å². The summed E-state index contributed by atoms with van der Waals surface area (Å²) in [5.41, 5.74) is 1.70. The van der Waals surface area contributed by atoms with E-state index in [0.717, 1.165) is 0 Å². The fourth-order valence-corrected chi connectivity index (χ4v) is 2.26. The second kappa shape index (κ2) is 5.51. The Kier molecular flexibility index (Phi) is 3.93. The van der Waals surface area contributed by atoms with E-state index in [0.29, 0.717) is 22.4 Å². The first-order valence-electron chi connectivity index (χ1n) is 6.67. The van der Waals surface area contributed by atoms with Gasteiger partial charge in [-0.15, -0.1) is 0 Å². The maximum absolute atomic E-state index is 11.9. The average Bonchev–Trinajstić information content (AvgIpc) is 2.63. The summed E-state index contributed by atoms with van der Waals surface area (Å²) in [5.74, 6) is -1.21. The van der Waals surface area contributed by atoms with E-state index in [2.05, 4.69) is 15.4 Å². The van der Waals surface area contributed by atoms with Gasteiger partial charge >= 0.3 is 5.97 Å². The van der Waals surface area contributed by atoms with Gasteiger partial charge < -0.3 is 10.4 Å². The lowest BCUT2D eigenvalue weighted by Gasteiger charge is -2.08. The van der Waals surface area contributed by atoms with E-state index >= 15 is 0 Å². The summed E-state index contributed by atoms with van der Waals surface area (Å²) in [7, 11) is 0. The first-order chi connectivity index (χ1) is 9.79. The Bertz CT molecular complexity index is 719. The minimum atomic E-state index is -1.03. The topological polar surface area (TPSA) is 97.1 Å². The van der Waals surface area contributed by atoms with Crippen LogP contribution in [0.15, 0.2) is 6.07 Å². The standard InChI is InChI=1S/C14H18N4O3/c1-7(2)15-11(19)6-18-13-12(9(4)17-18)10(14(20)21)5-8(3)16-13/h5,7H,6H2,1-4H3,(H,15,19)(H,20,21). The first-order valence-corrected chi connectivity index (χ1v) is 6.67. The Balaban J connectivity index is 2.52. The van der Waals surface area contributed by atoms with Crippen LogP contribution in [0.1, 0.15) is 35.6 Å². The number of carboxylic acids is 1. The van der Waals surface area contributed by atoms with E-state index in [1.165, 1.54) is 10.7 Å². The highest BCUT2D eigenvalue weighted by Gasteiger charge is 2.19. The van der Waals surface area contributed by atoms with Gasteiger partial charge in [0.15, 0.2) is 5.65 Å². The number of pyridine rings is 1. The lowest BCUT2D eigenvalue weighted by molar-refractivity contribution is -0.122. The predicted molar refractivity (Wildman–Crippen MR) is 77.2 cm³/mol. The second-order valence-electron chi connectivity index (χ2n) is 5.28. The van der Waals surface area contributed by atoms with E-state index < -0.39 is 5.97 Å². The first kappa shape index (κ1) is 15.0. The number of nitrogens with zero attached hydrogens (tertiary/aromatic N) is 3. The second-order valence-corrected chi connectivity index (χ2v) is 5.28. The van der Waals surface area contributed by atoms with Crippen LogP contribution in [0.4, 0.5) is 0 Å². The van der Waals surface area contributed by atoms with Crippen molar-refractivity contribution in [3.05, 3.63) is 23.0 Å². The van der Waals surface area contributed by atoms with Crippen molar-refractivity contribution in [3.63, 3.8) is 0 Å². The van der Waals surface area contributed by atoms with Crippen molar-refractivity contribution in [1.29, 1.82) is 0 Å². The van der Waals surface area contributed by atoms with Gasteiger partial charge in [-0.05, 0) is 33.8 Å². The van der Waals surface area contributed by atoms with E-state index in [-0.39, 0.29) is 24.1 Å². The number of carbonyl (C=O) groups is 2. The summed E-state index contributed by atoms with van der Waals surface area (Å²) in [5, 5.41) is 16.8. The Hall–Kier alpha value is -2.44. The summed E-state index contributed by atoms with van der Waals surface area (Å²) in [6.07, 6.45) is 0. The third-order valence-electron chi connectivity index (χ3n) is 2.98. The van der Waals surface area contributed by atoms with Gasteiger partial charge in [-0.1, -0.05) is 0 Å². The molecule has 1 amide bonds. The molecule has 2 rings (SSSR count). The summed E-state index contributed by atoms with van der Waals surface area (Å²) < 4.78 is 1.45. The molecule has 0 saturated heterocycles. The number of hydrogen-bond donors (Lipinski definition) is 2. The van der Waals surface area contributed by atoms with Gasteiger partial charge in [-0.2, -0.15) is 5.10 Å². The van der Waals surface area contributed by atoms with Gasteiger partial charge in [0.1, 0.15) is 6.54 Å². The molecule has 0 aromatic carbocycles. The van der Waals surface area contributed by atoms with E-state index in [9.17, 15) is 14.7 Å². The fraction of sp³-hybridized carbons (Fsp3) is 0.429. The number of hydrogen-bond acceptors (Lipinski definition) is 4. The van der Waals surface area contributed by atoms with Crippen LogP contribution >= 0.6 is 0 Å². The van der Waals surface area contributed by atoms with Crippen molar-refractivity contribution in [1.82, 2.24) is 20.1 Å². The molecule has 7 nitrogen and oxygen atoms in total. The summed E-state index contributed by atoms with van der Waals surface area (Å²) in [6, 6.07) is 1.54. The maximum Gasteiger partial charge on any atom is 0.336 e. The average molecular weight is 290 g/mol. The number of amides is 1. The molecule has 2 N–H and O–H groups in total. The van der Waals surface area contributed by atoms with Gasteiger partial charge in [-0.25, -0.2) is 14.5 Å². The van der Waals surface area contributed by atoms with Crippen molar-refractivity contribution >= 4 is 22.9 Å². The highest BCUT2D eigenvalue weighted by Crippen LogP contribution is 2.22. The molecule has 0 atom stereocenters. The number of aromatic nitrogens is 3. The Morgan fingerprint density at radius 3 is 2.62 bits per heavy atom. The number of rotatable bonds is 4. The SMILES string of the molecule is Cc1cc(C(=O)O)c2c(C)nn(CC(=O)NC(C)C)c2n1. The maximum atomic E-state index is 11.9. The fourth-order valence-electron chi connectivity index (χ4n) is 2.26. The molecule has 2 aromatic rings. The quantitative estimate of drug-likeness (QED) is 0.883. The van der Waals surface area contributed by atoms with Crippen LogP contribution in [-0.4, -0.2) is 37.8 Å². The molecule has 0 aliphatic rings. The molecule has 7 heteroatoms. The van der Waals surface area contributed by atoms with Crippen LogP contribution in [0.3, 0.4) is 0 Å². The van der Waals surface area contributed by atoms with Gasteiger partial charge in [0, 0.05) is 11.7 Å². The Morgan fingerprint density at radius 2 is 2.05 bits per heavy atom. The Morgan fingerprint density at radius 1 is 1.38 bits per heavy atom. The number of fused-ring (bicyclic) bond motifs is 1. The molecule has 2 heterocycles. The summed E-state index contributed by atoms with van der Waals surface area (Å²) >= 11 is 0. The molecule has 0 bridgehead atoms. The van der Waals surface area contributed by atoms with Crippen molar-refractivity contribution in [2.45, 2.75) is 40.3 Å². The minimum Gasteiger partial charge on any atom is -0.478 e. The highest BCUT2D eigenvalue weighted by molar-refractivity contribution is 6.03. The summed E-state index contributed by atoms with van der Waals surface area (Å²) in [4.78, 5) is 27.5. The molecule has 21 heavy (non-hydrogen) atoms. The predicted octanol–water partition coefficient (Wildman–Crippen LogP) is 1.27. The largest absolute Gasteiger partial charge is 0.478 e. The molecule has 0 unspecified atom stereocenters. The molecule has 0 spiro atoms. The molecule has 0 aliphatic heterocycles. The normalized spacial score (nSPS) is 11.1. The zero-order valence-electron chi connectivity index (χ0n) is 12.5. The van der Waals surface area contributed by atoms with Crippen LogP contribution in [0, 0.1) is 13.8 Å². The lowest BCUT2D eigenvalue weighted by atomic mass is 10.1. The molecule has 0 fully saturated rings. The number of carboxylic acid groups (broad SMARTS) is 1. The van der Waals surface area contributed by atoms with Crippen LogP contribution in [0.25, 0.3) is 11.0 Å². The van der Waals surface area contributed by atoms with E-state index in [4.69, 9.17) is 0 Å².